The van der Waals surface area contributed by atoms with Crippen molar-refractivity contribution in [3.63, 3.8) is 0 Å². The molecule has 0 aromatic heterocycles. The summed E-state index contributed by atoms with van der Waals surface area (Å²) in [5.41, 5.74) is 1.74. The van der Waals surface area contributed by atoms with Gasteiger partial charge in [0.25, 0.3) is 8.32 Å². The van der Waals surface area contributed by atoms with Gasteiger partial charge in [-0.3, -0.25) is 4.79 Å². The van der Waals surface area contributed by atoms with E-state index in [1.165, 1.54) is 17.3 Å². The first-order chi connectivity index (χ1) is 18.2. The van der Waals surface area contributed by atoms with Gasteiger partial charge in [-0.2, -0.15) is 0 Å². The summed E-state index contributed by atoms with van der Waals surface area (Å²) in [6.07, 6.45) is 4.10. The van der Waals surface area contributed by atoms with Gasteiger partial charge in [0.2, 0.25) is 0 Å². The molecule has 0 N–H and O–H groups in total. The van der Waals surface area contributed by atoms with Gasteiger partial charge in [-0.15, -0.1) is 0 Å². The van der Waals surface area contributed by atoms with E-state index in [1.807, 2.05) is 43.3 Å². The van der Waals surface area contributed by atoms with Crippen LogP contribution in [-0.2, 0) is 20.6 Å². The van der Waals surface area contributed by atoms with E-state index in [2.05, 4.69) is 69.3 Å². The minimum absolute atomic E-state index is 0.127. The quantitative estimate of drug-likeness (QED) is 0.219. The van der Waals surface area contributed by atoms with Gasteiger partial charge in [0.05, 0.1) is 26.4 Å². The van der Waals surface area contributed by atoms with Crippen LogP contribution in [0.5, 0.6) is 11.5 Å². The van der Waals surface area contributed by atoms with Crippen molar-refractivity contribution in [2.45, 2.75) is 58.8 Å². The standard InChI is InChI=1S/C32H40O5Si/c1-8-26(37-24(2)33)19-20-29-30(34-6)21-25(22-31(29)35-7)23-36-38(32(3,4)5,27-15-11-9-12-16-27)28-17-13-10-14-18-28/h9-22,26H,8,23H2,1-7H3/b20-19+/t26-/m1/s1. The van der Waals surface area contributed by atoms with E-state index < -0.39 is 8.32 Å². The van der Waals surface area contributed by atoms with Crippen molar-refractivity contribution < 1.29 is 23.4 Å². The number of carbonyl (C=O) groups is 1. The number of hydrogen-bond acceptors (Lipinski definition) is 5. The number of carbonyl (C=O) groups excluding carboxylic acids is 1. The molecule has 3 aromatic carbocycles. The Kier molecular flexibility index (Phi) is 9.94. The topological polar surface area (TPSA) is 54.0 Å². The molecule has 0 radical (unpaired) electrons. The average Bonchev–Trinajstić information content (AvgIpc) is 2.91. The predicted octanol–water partition coefficient (Wildman–Crippen LogP) is 6.14. The molecule has 0 amide bonds. The van der Waals surface area contributed by atoms with Gasteiger partial charge in [-0.05, 0) is 51.7 Å². The molecule has 0 heterocycles. The predicted molar refractivity (Wildman–Crippen MR) is 157 cm³/mol. The third kappa shape index (κ3) is 6.55. The summed E-state index contributed by atoms with van der Waals surface area (Å²) in [7, 11) is 0.587. The Bertz CT molecular complexity index is 1150. The first kappa shape index (κ1) is 29.2. The van der Waals surface area contributed by atoms with Crippen LogP contribution in [0.25, 0.3) is 6.08 Å². The number of ether oxygens (including phenoxy) is 3. The highest BCUT2D eigenvalue weighted by molar-refractivity contribution is 6.99. The van der Waals surface area contributed by atoms with E-state index in [1.54, 1.807) is 14.2 Å². The first-order valence-corrected chi connectivity index (χ1v) is 14.9. The van der Waals surface area contributed by atoms with Crippen LogP contribution >= 0.6 is 0 Å². The zero-order valence-corrected chi connectivity index (χ0v) is 24.6. The molecular weight excluding hydrogens is 492 g/mol. The zero-order valence-electron chi connectivity index (χ0n) is 23.6. The molecule has 0 aliphatic carbocycles. The Hall–Kier alpha value is -3.35. The van der Waals surface area contributed by atoms with Crippen LogP contribution in [0.15, 0.2) is 78.9 Å². The fourth-order valence-corrected chi connectivity index (χ4v) is 9.41. The van der Waals surface area contributed by atoms with Crippen molar-refractivity contribution in [2.24, 2.45) is 0 Å². The van der Waals surface area contributed by atoms with Crippen LogP contribution in [0.3, 0.4) is 0 Å². The van der Waals surface area contributed by atoms with E-state index in [9.17, 15) is 4.79 Å². The minimum Gasteiger partial charge on any atom is -0.496 e. The minimum atomic E-state index is -2.70. The smallest absolute Gasteiger partial charge is 0.303 e. The molecular formula is C32H40O5Si. The third-order valence-electron chi connectivity index (χ3n) is 6.67. The van der Waals surface area contributed by atoms with Crippen LogP contribution in [0.2, 0.25) is 5.04 Å². The molecule has 3 rings (SSSR count). The monoisotopic (exact) mass is 532 g/mol. The Morgan fingerprint density at radius 3 is 1.79 bits per heavy atom. The highest BCUT2D eigenvalue weighted by Crippen LogP contribution is 2.38. The summed E-state index contributed by atoms with van der Waals surface area (Å²) in [5.74, 6) is 1.02. The second-order valence-corrected chi connectivity index (χ2v) is 14.6. The van der Waals surface area contributed by atoms with E-state index in [-0.39, 0.29) is 17.1 Å². The Balaban J connectivity index is 2.04. The molecule has 0 aliphatic rings. The maximum absolute atomic E-state index is 11.4. The molecule has 3 aromatic rings. The van der Waals surface area contributed by atoms with E-state index in [0.29, 0.717) is 24.5 Å². The number of esters is 1. The van der Waals surface area contributed by atoms with Crippen LogP contribution in [0.1, 0.15) is 52.2 Å². The van der Waals surface area contributed by atoms with Gasteiger partial charge >= 0.3 is 5.97 Å². The van der Waals surface area contributed by atoms with Gasteiger partial charge in [-0.25, -0.2) is 0 Å². The van der Waals surface area contributed by atoms with Crippen LogP contribution in [-0.4, -0.2) is 34.6 Å². The fourth-order valence-electron chi connectivity index (χ4n) is 4.87. The van der Waals surface area contributed by atoms with Gasteiger partial charge in [-0.1, -0.05) is 88.4 Å². The number of methoxy groups -OCH3 is 2. The lowest BCUT2D eigenvalue weighted by molar-refractivity contribution is -0.144. The maximum Gasteiger partial charge on any atom is 0.303 e. The lowest BCUT2D eigenvalue weighted by atomic mass is 10.1. The molecule has 0 saturated heterocycles. The van der Waals surface area contributed by atoms with Crippen molar-refractivity contribution in [3.8, 4) is 11.5 Å². The van der Waals surface area contributed by atoms with Crippen LogP contribution < -0.4 is 19.8 Å². The van der Waals surface area contributed by atoms with Crippen molar-refractivity contribution in [2.75, 3.05) is 14.2 Å². The molecule has 38 heavy (non-hydrogen) atoms. The second kappa shape index (κ2) is 12.9. The fraction of sp³-hybridized carbons (Fsp3) is 0.344. The SMILES string of the molecule is CC[C@H](/C=C/c1c(OC)cc(CO[Si](c2ccccc2)(c2ccccc2)C(C)(C)C)cc1OC)OC(C)=O. The molecule has 6 heteroatoms. The Labute approximate surface area is 228 Å². The average molecular weight is 533 g/mol. The summed E-state index contributed by atoms with van der Waals surface area (Å²) < 4.78 is 24.0. The molecule has 0 aliphatic heterocycles. The molecule has 202 valence electrons. The van der Waals surface area contributed by atoms with Crippen molar-refractivity contribution in [3.05, 3.63) is 90.0 Å². The molecule has 0 bridgehead atoms. The molecule has 5 nitrogen and oxygen atoms in total. The van der Waals surface area contributed by atoms with Gasteiger partial charge in [0, 0.05) is 6.92 Å². The van der Waals surface area contributed by atoms with Gasteiger partial charge in [0.15, 0.2) is 0 Å². The summed E-state index contributed by atoms with van der Waals surface area (Å²) in [6, 6.07) is 25.2. The number of benzene rings is 3. The van der Waals surface area contributed by atoms with E-state index in [0.717, 1.165) is 11.1 Å². The highest BCUT2D eigenvalue weighted by Gasteiger charge is 2.50. The largest absolute Gasteiger partial charge is 0.496 e. The van der Waals surface area contributed by atoms with Crippen molar-refractivity contribution in [1.29, 1.82) is 0 Å². The van der Waals surface area contributed by atoms with Crippen LogP contribution in [0, 0.1) is 0 Å². The molecule has 0 spiro atoms. The van der Waals surface area contributed by atoms with Crippen LogP contribution in [0.4, 0.5) is 0 Å². The summed E-state index contributed by atoms with van der Waals surface area (Å²) in [4.78, 5) is 11.4. The van der Waals surface area contributed by atoms with Crippen molar-refractivity contribution in [1.82, 2.24) is 0 Å². The summed E-state index contributed by atoms with van der Waals surface area (Å²) >= 11 is 0. The Morgan fingerprint density at radius 1 is 0.895 bits per heavy atom. The molecule has 0 unspecified atom stereocenters. The van der Waals surface area contributed by atoms with E-state index in [4.69, 9.17) is 18.6 Å². The highest BCUT2D eigenvalue weighted by atomic mass is 28.4. The van der Waals surface area contributed by atoms with Gasteiger partial charge in [0.1, 0.15) is 17.6 Å². The molecule has 0 saturated carbocycles. The van der Waals surface area contributed by atoms with Gasteiger partial charge < -0.3 is 18.6 Å². The summed E-state index contributed by atoms with van der Waals surface area (Å²) in [5, 5.41) is 2.33. The number of hydrogen-bond donors (Lipinski definition) is 0. The molecule has 0 fully saturated rings. The maximum atomic E-state index is 11.4. The second-order valence-electron chi connectivity index (χ2n) is 10.3. The summed E-state index contributed by atoms with van der Waals surface area (Å²) in [6.45, 7) is 10.6. The third-order valence-corrected chi connectivity index (χ3v) is 11.7. The van der Waals surface area contributed by atoms with Crippen molar-refractivity contribution >= 4 is 30.7 Å². The normalized spacial score (nSPS) is 12.8. The number of rotatable bonds is 11. The lowest BCUT2D eigenvalue weighted by Gasteiger charge is -2.43. The zero-order chi connectivity index (χ0) is 27.8. The Morgan fingerprint density at radius 2 is 1.39 bits per heavy atom. The lowest BCUT2D eigenvalue weighted by Crippen LogP contribution is -2.66. The molecule has 1 atom stereocenters. The first-order valence-electron chi connectivity index (χ1n) is 13.0. The van der Waals surface area contributed by atoms with E-state index >= 15 is 0 Å².